The molecule has 0 fully saturated rings. The van der Waals surface area contributed by atoms with Gasteiger partial charge < -0.3 is 15.7 Å². The molecule has 2 aromatic heterocycles. The van der Waals surface area contributed by atoms with E-state index in [1.807, 2.05) is 54.9 Å². The summed E-state index contributed by atoms with van der Waals surface area (Å²) in [6.07, 6.45) is 1.80. The van der Waals surface area contributed by atoms with Crippen molar-refractivity contribution in [2.45, 2.75) is 26.0 Å². The minimum absolute atomic E-state index is 0.379. The fraction of sp³-hybridized carbons (Fsp3) is 0.273. The summed E-state index contributed by atoms with van der Waals surface area (Å²) in [4.78, 5) is 9.08. The molecular formula is C22H26N4OS. The number of thiophene rings is 1. The second-order valence-electron chi connectivity index (χ2n) is 6.75. The van der Waals surface area contributed by atoms with Crippen LogP contribution in [0.1, 0.15) is 25.0 Å². The van der Waals surface area contributed by atoms with Crippen molar-refractivity contribution in [3.05, 3.63) is 76.6 Å². The van der Waals surface area contributed by atoms with Gasteiger partial charge in [-0.2, -0.15) is 11.3 Å². The second-order valence-corrected chi connectivity index (χ2v) is 7.53. The van der Waals surface area contributed by atoms with Crippen LogP contribution in [0.15, 0.2) is 70.5 Å². The quantitative estimate of drug-likeness (QED) is 0.421. The van der Waals surface area contributed by atoms with Gasteiger partial charge in [-0.15, -0.1) is 0 Å². The summed E-state index contributed by atoms with van der Waals surface area (Å²) in [5.41, 5.74) is 3.08. The van der Waals surface area contributed by atoms with Crippen LogP contribution in [-0.2, 0) is 12.1 Å². The third-order valence-electron chi connectivity index (χ3n) is 4.39. The van der Waals surface area contributed by atoms with Crippen LogP contribution in [0.4, 0.5) is 0 Å². The molecule has 0 aliphatic carbocycles. The standard InChI is InChI=1S/C22H26N4OS/c1-3-23-21(26-16-22(2,27)19-10-12-28-15-19)25-14-17-7-6-8-18(13-17)20-9-4-5-11-24-20/h4-13,15,27H,3,14,16H2,1-2H3,(H2,23,25,26). The molecule has 0 spiro atoms. The first-order valence-corrected chi connectivity index (χ1v) is 10.3. The summed E-state index contributed by atoms with van der Waals surface area (Å²) in [6, 6.07) is 16.1. The number of aliphatic hydroxyl groups is 1. The predicted octanol–water partition coefficient (Wildman–Crippen LogP) is 3.77. The van der Waals surface area contributed by atoms with Crippen LogP contribution in [0.3, 0.4) is 0 Å². The lowest BCUT2D eigenvalue weighted by Crippen LogP contribution is -2.44. The predicted molar refractivity (Wildman–Crippen MR) is 116 cm³/mol. The Morgan fingerprint density at radius 2 is 2.07 bits per heavy atom. The third-order valence-corrected chi connectivity index (χ3v) is 5.08. The van der Waals surface area contributed by atoms with Gasteiger partial charge in [0.1, 0.15) is 5.60 Å². The van der Waals surface area contributed by atoms with Crippen molar-refractivity contribution in [1.29, 1.82) is 0 Å². The molecule has 28 heavy (non-hydrogen) atoms. The number of benzene rings is 1. The molecule has 3 rings (SSSR count). The maximum absolute atomic E-state index is 10.7. The minimum atomic E-state index is -0.949. The van der Waals surface area contributed by atoms with Crippen LogP contribution in [0, 0.1) is 0 Å². The maximum Gasteiger partial charge on any atom is 0.191 e. The van der Waals surface area contributed by atoms with Gasteiger partial charge in [0.25, 0.3) is 0 Å². The lowest BCUT2D eigenvalue weighted by Gasteiger charge is -2.24. The lowest BCUT2D eigenvalue weighted by molar-refractivity contribution is 0.0621. The summed E-state index contributed by atoms with van der Waals surface area (Å²) in [5, 5.41) is 21.1. The Kier molecular flexibility index (Phi) is 6.79. The van der Waals surface area contributed by atoms with Gasteiger partial charge in [0, 0.05) is 18.3 Å². The van der Waals surface area contributed by atoms with Gasteiger partial charge in [0.05, 0.1) is 18.8 Å². The van der Waals surface area contributed by atoms with E-state index in [0.29, 0.717) is 19.0 Å². The number of rotatable bonds is 7. The number of nitrogens with zero attached hydrogens (tertiary/aromatic N) is 2. The SMILES string of the molecule is CCNC(=NCc1cccc(-c2ccccn2)c1)NCC(C)(O)c1ccsc1. The molecule has 1 aromatic carbocycles. The number of hydrogen-bond acceptors (Lipinski definition) is 4. The largest absolute Gasteiger partial charge is 0.384 e. The fourth-order valence-electron chi connectivity index (χ4n) is 2.80. The van der Waals surface area contributed by atoms with Crippen LogP contribution in [-0.4, -0.2) is 29.1 Å². The molecule has 3 aromatic rings. The van der Waals surface area contributed by atoms with Gasteiger partial charge in [-0.25, -0.2) is 4.99 Å². The molecular weight excluding hydrogens is 368 g/mol. The number of pyridine rings is 1. The molecule has 0 saturated heterocycles. The summed E-state index contributed by atoms with van der Waals surface area (Å²) >= 11 is 1.58. The van der Waals surface area contributed by atoms with Crippen LogP contribution in [0.2, 0.25) is 0 Å². The molecule has 0 aliphatic rings. The van der Waals surface area contributed by atoms with Crippen molar-refractivity contribution < 1.29 is 5.11 Å². The molecule has 3 N–H and O–H groups in total. The molecule has 0 amide bonds. The first kappa shape index (κ1) is 20.0. The van der Waals surface area contributed by atoms with Crippen molar-refractivity contribution in [3.8, 4) is 11.3 Å². The number of hydrogen-bond donors (Lipinski definition) is 3. The monoisotopic (exact) mass is 394 g/mol. The van der Waals surface area contributed by atoms with Gasteiger partial charge >= 0.3 is 0 Å². The van der Waals surface area contributed by atoms with Crippen molar-refractivity contribution in [2.75, 3.05) is 13.1 Å². The van der Waals surface area contributed by atoms with Gasteiger partial charge in [0.15, 0.2) is 5.96 Å². The summed E-state index contributed by atoms with van der Waals surface area (Å²) in [6.45, 7) is 5.50. The van der Waals surface area contributed by atoms with E-state index in [2.05, 4.69) is 38.8 Å². The maximum atomic E-state index is 10.7. The van der Waals surface area contributed by atoms with Crippen LogP contribution < -0.4 is 10.6 Å². The van der Waals surface area contributed by atoms with E-state index in [1.165, 1.54) is 0 Å². The Morgan fingerprint density at radius 1 is 1.18 bits per heavy atom. The molecule has 2 heterocycles. The summed E-state index contributed by atoms with van der Waals surface area (Å²) < 4.78 is 0. The van der Waals surface area contributed by atoms with E-state index in [4.69, 9.17) is 0 Å². The molecule has 6 heteroatoms. The number of aromatic nitrogens is 1. The zero-order chi connectivity index (χ0) is 19.8. The second kappa shape index (κ2) is 9.48. The highest BCUT2D eigenvalue weighted by Gasteiger charge is 2.23. The molecule has 0 aliphatic heterocycles. The molecule has 146 valence electrons. The Labute approximate surface area is 170 Å². The van der Waals surface area contributed by atoms with Gasteiger partial charge in [-0.3, -0.25) is 4.98 Å². The van der Waals surface area contributed by atoms with E-state index in [1.54, 1.807) is 17.5 Å². The van der Waals surface area contributed by atoms with Crippen LogP contribution >= 0.6 is 11.3 Å². The highest BCUT2D eigenvalue weighted by molar-refractivity contribution is 7.08. The Bertz CT molecular complexity index is 892. The Balaban J connectivity index is 1.68. The van der Waals surface area contributed by atoms with E-state index < -0.39 is 5.60 Å². The van der Waals surface area contributed by atoms with Gasteiger partial charge in [0.2, 0.25) is 0 Å². The molecule has 0 bridgehead atoms. The highest BCUT2D eigenvalue weighted by atomic mass is 32.1. The minimum Gasteiger partial charge on any atom is -0.384 e. The average Bonchev–Trinajstić information content (AvgIpc) is 3.27. The van der Waals surface area contributed by atoms with Crippen LogP contribution in [0.5, 0.6) is 0 Å². The van der Waals surface area contributed by atoms with E-state index in [-0.39, 0.29) is 0 Å². The zero-order valence-corrected chi connectivity index (χ0v) is 17.0. The van der Waals surface area contributed by atoms with Crippen molar-refractivity contribution in [3.63, 3.8) is 0 Å². The van der Waals surface area contributed by atoms with E-state index in [0.717, 1.165) is 28.9 Å². The molecule has 1 atom stereocenters. The first-order valence-electron chi connectivity index (χ1n) is 9.36. The number of guanidine groups is 1. The molecule has 1 unspecified atom stereocenters. The number of aliphatic imine (C=N–C) groups is 1. The van der Waals surface area contributed by atoms with Crippen molar-refractivity contribution >= 4 is 17.3 Å². The van der Waals surface area contributed by atoms with Crippen LogP contribution in [0.25, 0.3) is 11.3 Å². The highest BCUT2D eigenvalue weighted by Crippen LogP contribution is 2.22. The topological polar surface area (TPSA) is 69.5 Å². The molecule has 5 nitrogen and oxygen atoms in total. The van der Waals surface area contributed by atoms with Gasteiger partial charge in [-0.1, -0.05) is 24.3 Å². The zero-order valence-electron chi connectivity index (χ0n) is 16.2. The summed E-state index contributed by atoms with van der Waals surface area (Å²) in [5.74, 6) is 0.682. The number of nitrogens with one attached hydrogen (secondary N) is 2. The van der Waals surface area contributed by atoms with Crippen molar-refractivity contribution in [2.24, 2.45) is 4.99 Å². The third kappa shape index (κ3) is 5.41. The fourth-order valence-corrected chi connectivity index (χ4v) is 3.59. The first-order chi connectivity index (χ1) is 13.6. The average molecular weight is 395 g/mol. The van der Waals surface area contributed by atoms with Gasteiger partial charge in [-0.05, 0) is 60.0 Å². The summed E-state index contributed by atoms with van der Waals surface area (Å²) in [7, 11) is 0. The smallest absolute Gasteiger partial charge is 0.191 e. The lowest BCUT2D eigenvalue weighted by atomic mass is 9.99. The van der Waals surface area contributed by atoms with E-state index >= 15 is 0 Å². The Morgan fingerprint density at radius 3 is 2.79 bits per heavy atom. The van der Waals surface area contributed by atoms with Crippen molar-refractivity contribution in [1.82, 2.24) is 15.6 Å². The molecule has 0 saturated carbocycles. The normalized spacial score (nSPS) is 13.8. The Hall–Kier alpha value is -2.70. The van der Waals surface area contributed by atoms with E-state index in [9.17, 15) is 5.11 Å². The molecule has 0 radical (unpaired) electrons.